The minimum atomic E-state index is -0.911. The molecule has 21 heavy (non-hydrogen) atoms. The van der Waals surface area contributed by atoms with Crippen LogP contribution in [0.15, 0.2) is 59.7 Å². The van der Waals surface area contributed by atoms with E-state index in [1.54, 1.807) is 36.4 Å². The molecule has 2 N–H and O–H groups in total. The first-order valence-corrected chi connectivity index (χ1v) is 6.10. The minimum Gasteiger partial charge on any atom is -0.318 e. The summed E-state index contributed by atoms with van der Waals surface area (Å²) in [7, 11) is 0. The Labute approximate surface area is 120 Å². The molecule has 2 aromatic carbocycles. The molecule has 2 rings (SSSR count). The second-order valence-electron chi connectivity index (χ2n) is 4.07. The number of benzene rings is 2. The average molecular weight is 285 g/mol. The van der Waals surface area contributed by atoms with Crippen molar-refractivity contribution in [3.63, 3.8) is 0 Å². The van der Waals surface area contributed by atoms with Gasteiger partial charge in [0.25, 0.3) is 0 Å². The lowest BCUT2D eigenvalue weighted by Crippen LogP contribution is -2.32. The highest BCUT2D eigenvalue weighted by molar-refractivity contribution is 6.39. The maximum atomic E-state index is 12.9. The molecule has 5 nitrogen and oxygen atoms in total. The molecule has 0 aliphatic heterocycles. The fourth-order valence-corrected chi connectivity index (χ4v) is 1.51. The number of rotatable bonds is 3. The van der Waals surface area contributed by atoms with Crippen LogP contribution in [-0.4, -0.2) is 18.0 Å². The van der Waals surface area contributed by atoms with E-state index in [1.807, 2.05) is 0 Å². The Morgan fingerprint density at radius 3 is 2.48 bits per heavy atom. The van der Waals surface area contributed by atoms with E-state index in [0.717, 1.165) is 0 Å². The molecule has 0 bridgehead atoms. The Morgan fingerprint density at radius 2 is 1.76 bits per heavy atom. The van der Waals surface area contributed by atoms with Gasteiger partial charge in [-0.1, -0.05) is 30.3 Å². The SMILES string of the molecule is O=C(N/N=C/c1cccc(F)c1)C(=O)Nc1ccccc1. The van der Waals surface area contributed by atoms with Gasteiger partial charge in [-0.25, -0.2) is 9.82 Å². The predicted octanol–water partition coefficient (Wildman–Crippen LogP) is 1.91. The van der Waals surface area contributed by atoms with Gasteiger partial charge >= 0.3 is 11.8 Å². The number of hydrogen-bond donors (Lipinski definition) is 2. The average Bonchev–Trinajstić information content (AvgIpc) is 2.48. The van der Waals surface area contributed by atoms with E-state index in [4.69, 9.17) is 0 Å². The van der Waals surface area contributed by atoms with Crippen molar-refractivity contribution in [2.24, 2.45) is 5.10 Å². The van der Waals surface area contributed by atoms with Gasteiger partial charge in [0.2, 0.25) is 0 Å². The lowest BCUT2D eigenvalue weighted by molar-refractivity contribution is -0.136. The Bertz CT molecular complexity index is 672. The number of amides is 2. The third-order valence-corrected chi connectivity index (χ3v) is 2.47. The normalized spacial score (nSPS) is 10.3. The van der Waals surface area contributed by atoms with Crippen LogP contribution in [0.3, 0.4) is 0 Å². The van der Waals surface area contributed by atoms with Crippen LogP contribution in [0.2, 0.25) is 0 Å². The molecule has 0 spiro atoms. The Kier molecular flexibility index (Phi) is 4.76. The zero-order chi connectivity index (χ0) is 15.1. The van der Waals surface area contributed by atoms with Gasteiger partial charge in [0.1, 0.15) is 5.82 Å². The number of halogens is 1. The predicted molar refractivity (Wildman–Crippen MR) is 77.2 cm³/mol. The zero-order valence-electron chi connectivity index (χ0n) is 10.9. The maximum absolute atomic E-state index is 12.9. The van der Waals surface area contributed by atoms with Gasteiger partial charge in [0, 0.05) is 5.69 Å². The van der Waals surface area contributed by atoms with Gasteiger partial charge in [-0.05, 0) is 29.8 Å². The molecule has 0 unspecified atom stereocenters. The summed E-state index contributed by atoms with van der Waals surface area (Å²) in [4.78, 5) is 23.0. The fourth-order valence-electron chi connectivity index (χ4n) is 1.51. The molecular weight excluding hydrogens is 273 g/mol. The lowest BCUT2D eigenvalue weighted by Gasteiger charge is -2.02. The van der Waals surface area contributed by atoms with Crippen molar-refractivity contribution in [2.45, 2.75) is 0 Å². The van der Waals surface area contributed by atoms with E-state index in [0.29, 0.717) is 11.3 Å². The van der Waals surface area contributed by atoms with Crippen LogP contribution >= 0.6 is 0 Å². The minimum absolute atomic E-state index is 0.410. The highest BCUT2D eigenvalue weighted by Crippen LogP contribution is 2.04. The summed E-state index contributed by atoms with van der Waals surface area (Å²) in [6.45, 7) is 0. The zero-order valence-corrected chi connectivity index (χ0v) is 10.9. The van der Waals surface area contributed by atoms with Gasteiger partial charge in [-0.15, -0.1) is 0 Å². The second-order valence-corrected chi connectivity index (χ2v) is 4.07. The summed E-state index contributed by atoms with van der Waals surface area (Å²) < 4.78 is 12.9. The molecule has 2 aromatic rings. The number of anilines is 1. The highest BCUT2D eigenvalue weighted by atomic mass is 19.1. The summed E-state index contributed by atoms with van der Waals surface area (Å²) in [5.41, 5.74) is 3.04. The molecule has 0 aliphatic rings. The van der Waals surface area contributed by atoms with Crippen molar-refractivity contribution in [3.8, 4) is 0 Å². The Hall–Kier alpha value is -3.02. The molecule has 0 saturated carbocycles. The third-order valence-electron chi connectivity index (χ3n) is 2.47. The third kappa shape index (κ3) is 4.54. The van der Waals surface area contributed by atoms with E-state index in [2.05, 4.69) is 15.8 Å². The molecule has 0 heterocycles. The first-order valence-electron chi connectivity index (χ1n) is 6.10. The summed E-state index contributed by atoms with van der Waals surface area (Å²) in [6.07, 6.45) is 1.25. The molecule has 0 atom stereocenters. The molecule has 0 radical (unpaired) electrons. The van der Waals surface area contributed by atoms with Gasteiger partial charge in [-0.3, -0.25) is 9.59 Å². The second kappa shape index (κ2) is 6.95. The van der Waals surface area contributed by atoms with Crippen molar-refractivity contribution in [1.82, 2.24) is 5.43 Å². The Morgan fingerprint density at radius 1 is 1.00 bits per heavy atom. The highest BCUT2D eigenvalue weighted by Gasteiger charge is 2.12. The van der Waals surface area contributed by atoms with Gasteiger partial charge in [0.05, 0.1) is 6.21 Å². The van der Waals surface area contributed by atoms with E-state index >= 15 is 0 Å². The van der Waals surface area contributed by atoms with Crippen LogP contribution in [0.4, 0.5) is 10.1 Å². The maximum Gasteiger partial charge on any atom is 0.329 e. The molecule has 0 aliphatic carbocycles. The van der Waals surface area contributed by atoms with E-state index in [9.17, 15) is 14.0 Å². The number of para-hydroxylation sites is 1. The molecule has 0 saturated heterocycles. The van der Waals surface area contributed by atoms with Gasteiger partial charge in [-0.2, -0.15) is 5.10 Å². The smallest absolute Gasteiger partial charge is 0.318 e. The fraction of sp³-hybridized carbons (Fsp3) is 0. The number of hydrogen-bond acceptors (Lipinski definition) is 3. The number of carbonyl (C=O) groups excluding carboxylic acids is 2. The molecule has 0 fully saturated rings. The van der Waals surface area contributed by atoms with Gasteiger partial charge < -0.3 is 5.32 Å². The number of hydrazone groups is 1. The molecule has 6 heteroatoms. The largest absolute Gasteiger partial charge is 0.329 e. The Balaban J connectivity index is 1.88. The summed E-state index contributed by atoms with van der Waals surface area (Å²) in [5.74, 6) is -2.16. The van der Waals surface area contributed by atoms with Crippen LogP contribution in [0.25, 0.3) is 0 Å². The molecular formula is C15H12FN3O2. The van der Waals surface area contributed by atoms with Crippen LogP contribution in [0.1, 0.15) is 5.56 Å². The van der Waals surface area contributed by atoms with Crippen molar-refractivity contribution in [2.75, 3.05) is 5.32 Å². The standard InChI is InChI=1S/C15H12FN3O2/c16-12-6-4-5-11(9-12)10-17-19-15(21)14(20)18-13-7-2-1-3-8-13/h1-10H,(H,18,20)(H,19,21)/b17-10+. The molecule has 0 aromatic heterocycles. The quantitative estimate of drug-likeness (QED) is 0.514. The van der Waals surface area contributed by atoms with Crippen LogP contribution in [0, 0.1) is 5.82 Å². The summed E-state index contributed by atoms with van der Waals surface area (Å²) in [5, 5.41) is 6.01. The first-order chi connectivity index (χ1) is 10.1. The molecule has 106 valence electrons. The summed E-state index contributed by atoms with van der Waals surface area (Å²) in [6, 6.07) is 14.2. The van der Waals surface area contributed by atoms with E-state index in [1.165, 1.54) is 24.4 Å². The first kappa shape index (κ1) is 14.4. The van der Waals surface area contributed by atoms with E-state index < -0.39 is 17.6 Å². The summed E-state index contributed by atoms with van der Waals surface area (Å²) >= 11 is 0. The van der Waals surface area contributed by atoms with Crippen molar-refractivity contribution in [3.05, 3.63) is 66.0 Å². The van der Waals surface area contributed by atoms with Crippen LogP contribution in [-0.2, 0) is 9.59 Å². The lowest BCUT2D eigenvalue weighted by atomic mass is 10.2. The number of nitrogens with one attached hydrogen (secondary N) is 2. The van der Waals surface area contributed by atoms with E-state index in [-0.39, 0.29) is 0 Å². The van der Waals surface area contributed by atoms with Crippen molar-refractivity contribution < 1.29 is 14.0 Å². The number of nitrogens with zero attached hydrogens (tertiary/aromatic N) is 1. The topological polar surface area (TPSA) is 70.6 Å². The molecule has 2 amide bonds. The monoisotopic (exact) mass is 285 g/mol. The van der Waals surface area contributed by atoms with Crippen molar-refractivity contribution in [1.29, 1.82) is 0 Å². The van der Waals surface area contributed by atoms with Crippen LogP contribution in [0.5, 0.6) is 0 Å². The van der Waals surface area contributed by atoms with Crippen LogP contribution < -0.4 is 10.7 Å². The van der Waals surface area contributed by atoms with Crippen molar-refractivity contribution >= 4 is 23.7 Å². The number of carbonyl (C=O) groups is 2. The van der Waals surface area contributed by atoms with Gasteiger partial charge in [0.15, 0.2) is 0 Å².